The summed E-state index contributed by atoms with van der Waals surface area (Å²) in [6, 6.07) is 16.0. The number of amides is 1. The molecule has 0 radical (unpaired) electrons. The second-order valence-electron chi connectivity index (χ2n) is 15.0. The Kier molecular flexibility index (Phi) is 8.04. The molecule has 2 aliphatic heterocycles. The highest BCUT2D eigenvalue weighted by Crippen LogP contribution is 2.52. The number of imidazole rings is 2. The van der Waals surface area contributed by atoms with Crippen LogP contribution in [0.2, 0.25) is 0 Å². The summed E-state index contributed by atoms with van der Waals surface area (Å²) in [5.74, 6) is -2.41. The normalized spacial score (nSPS) is 19.2. The predicted octanol–water partition coefficient (Wildman–Crippen LogP) is 8.01. The number of ether oxygens (including phenoxy) is 3. The number of halogens is 2. The van der Waals surface area contributed by atoms with Crippen molar-refractivity contribution in [3.8, 4) is 33.5 Å². The minimum atomic E-state index is -3.20. The molecular weight excluding hydrogens is 654 g/mol. The Bertz CT molecular complexity index is 2130. The molecule has 1 amide bonds. The number of rotatable bonds is 7. The van der Waals surface area contributed by atoms with Gasteiger partial charge in [-0.15, -0.1) is 0 Å². The fourth-order valence-electron chi connectivity index (χ4n) is 7.58. The first-order valence-electron chi connectivity index (χ1n) is 17.4. The molecule has 3 aliphatic rings. The molecule has 1 atom stereocenters. The molecule has 8 rings (SSSR count). The summed E-state index contributed by atoms with van der Waals surface area (Å²) in [5, 5.41) is 0. The van der Waals surface area contributed by atoms with Crippen LogP contribution < -0.4 is 0 Å². The Morgan fingerprint density at radius 3 is 2.39 bits per heavy atom. The summed E-state index contributed by atoms with van der Waals surface area (Å²) < 4.78 is 49.6. The SMILES string of the molecule is CN(Cc1nc2ccc(-c3ccc4c(c3)C(F)(F)c3cc(-c5cnc(C6CCCN6C(=O)OC(C)(C)C)[nH]5)ccc3-4)cc2[nH]1)CC1(C)OCCO1. The van der Waals surface area contributed by atoms with Crippen LogP contribution in [0.1, 0.15) is 69.4 Å². The highest BCUT2D eigenvalue weighted by atomic mass is 19.3. The quantitative estimate of drug-likeness (QED) is 0.178. The number of nitrogens with zero attached hydrogens (tertiary/aromatic N) is 4. The molecule has 2 aromatic heterocycles. The molecule has 2 N–H and O–H groups in total. The smallest absolute Gasteiger partial charge is 0.410 e. The lowest BCUT2D eigenvalue weighted by molar-refractivity contribution is -0.154. The molecule has 4 heterocycles. The van der Waals surface area contributed by atoms with Crippen molar-refractivity contribution in [3.05, 3.63) is 83.6 Å². The molecule has 12 heteroatoms. The lowest BCUT2D eigenvalue weighted by atomic mass is 9.98. The maximum atomic E-state index is 16.3. The van der Waals surface area contributed by atoms with Gasteiger partial charge in [0.2, 0.25) is 0 Å². The summed E-state index contributed by atoms with van der Waals surface area (Å²) >= 11 is 0. The van der Waals surface area contributed by atoms with Crippen LogP contribution in [0.3, 0.4) is 0 Å². The van der Waals surface area contributed by atoms with E-state index in [1.54, 1.807) is 35.4 Å². The number of alkyl halides is 2. The van der Waals surface area contributed by atoms with Crippen molar-refractivity contribution in [2.45, 2.75) is 70.4 Å². The highest BCUT2D eigenvalue weighted by Gasteiger charge is 2.45. The molecule has 3 aromatic carbocycles. The first-order chi connectivity index (χ1) is 24.3. The lowest BCUT2D eigenvalue weighted by Crippen LogP contribution is -2.39. The Morgan fingerprint density at radius 1 is 1.00 bits per heavy atom. The average Bonchev–Trinajstić information content (AvgIpc) is 3.91. The summed E-state index contributed by atoms with van der Waals surface area (Å²) in [4.78, 5) is 32.7. The number of likely N-dealkylation sites (tertiary alicyclic amines) is 1. The number of aromatic nitrogens is 4. The topological polar surface area (TPSA) is 109 Å². The second kappa shape index (κ2) is 12.2. The van der Waals surface area contributed by atoms with Gasteiger partial charge in [0.15, 0.2) is 5.79 Å². The largest absolute Gasteiger partial charge is 0.444 e. The number of hydrogen-bond acceptors (Lipinski definition) is 7. The van der Waals surface area contributed by atoms with Crippen LogP contribution in [0, 0.1) is 0 Å². The van der Waals surface area contributed by atoms with Crippen LogP contribution in [-0.2, 0) is 26.7 Å². The molecule has 0 spiro atoms. The van der Waals surface area contributed by atoms with E-state index in [0.717, 1.165) is 35.3 Å². The number of fused-ring (bicyclic) bond motifs is 4. The number of aromatic amines is 2. The van der Waals surface area contributed by atoms with E-state index < -0.39 is 17.3 Å². The van der Waals surface area contributed by atoms with Crippen LogP contribution in [0.15, 0.2) is 60.8 Å². The van der Waals surface area contributed by atoms with Gasteiger partial charge in [0.05, 0.1) is 55.3 Å². The van der Waals surface area contributed by atoms with Crippen molar-refractivity contribution in [3.63, 3.8) is 0 Å². The van der Waals surface area contributed by atoms with E-state index in [0.29, 0.717) is 66.6 Å². The van der Waals surface area contributed by atoms with Crippen molar-refractivity contribution in [2.24, 2.45) is 0 Å². The van der Waals surface area contributed by atoms with Gasteiger partial charge < -0.3 is 24.2 Å². The van der Waals surface area contributed by atoms with E-state index in [1.807, 2.05) is 65.1 Å². The van der Waals surface area contributed by atoms with Crippen LogP contribution in [0.4, 0.5) is 13.6 Å². The van der Waals surface area contributed by atoms with E-state index in [9.17, 15) is 4.79 Å². The molecule has 51 heavy (non-hydrogen) atoms. The van der Waals surface area contributed by atoms with Gasteiger partial charge in [-0.2, -0.15) is 8.78 Å². The van der Waals surface area contributed by atoms with Crippen molar-refractivity contribution in [1.29, 1.82) is 0 Å². The van der Waals surface area contributed by atoms with E-state index in [4.69, 9.17) is 19.2 Å². The van der Waals surface area contributed by atoms with Crippen LogP contribution >= 0.6 is 0 Å². The number of hydrogen-bond donors (Lipinski definition) is 2. The van der Waals surface area contributed by atoms with Crippen LogP contribution in [0.5, 0.6) is 0 Å². The fraction of sp³-hybridized carbons (Fsp3) is 0.410. The maximum absolute atomic E-state index is 16.3. The molecule has 0 bridgehead atoms. The zero-order valence-electron chi connectivity index (χ0n) is 29.5. The molecule has 2 fully saturated rings. The minimum Gasteiger partial charge on any atom is -0.444 e. The van der Waals surface area contributed by atoms with Gasteiger partial charge in [-0.05, 0) is 94.1 Å². The van der Waals surface area contributed by atoms with Gasteiger partial charge in [0, 0.05) is 23.2 Å². The molecule has 10 nitrogen and oxygen atoms in total. The third-order valence-corrected chi connectivity index (χ3v) is 9.85. The summed E-state index contributed by atoms with van der Waals surface area (Å²) in [7, 11) is 1.99. The van der Waals surface area contributed by atoms with Crippen LogP contribution in [0.25, 0.3) is 44.5 Å². The minimum absolute atomic E-state index is 0.0201. The Labute approximate surface area is 295 Å². The summed E-state index contributed by atoms with van der Waals surface area (Å²) in [6.45, 7) is 10.4. The third-order valence-electron chi connectivity index (χ3n) is 9.85. The van der Waals surface area contributed by atoms with Crippen LogP contribution in [-0.4, -0.2) is 80.6 Å². The van der Waals surface area contributed by atoms with E-state index in [1.165, 1.54) is 0 Å². The zero-order chi connectivity index (χ0) is 35.7. The van der Waals surface area contributed by atoms with Crippen molar-refractivity contribution in [1.82, 2.24) is 29.7 Å². The van der Waals surface area contributed by atoms with Crippen molar-refractivity contribution < 1.29 is 27.8 Å². The molecule has 1 unspecified atom stereocenters. The van der Waals surface area contributed by atoms with Gasteiger partial charge in [-0.25, -0.2) is 14.8 Å². The van der Waals surface area contributed by atoms with Gasteiger partial charge in [-0.1, -0.05) is 30.3 Å². The average molecular weight is 697 g/mol. The van der Waals surface area contributed by atoms with Gasteiger partial charge >= 0.3 is 6.09 Å². The molecule has 0 saturated carbocycles. The van der Waals surface area contributed by atoms with Crippen molar-refractivity contribution in [2.75, 3.05) is 33.4 Å². The number of benzene rings is 3. The molecule has 266 valence electrons. The Hall–Kier alpha value is -4.65. The van der Waals surface area contributed by atoms with Gasteiger partial charge in [0.1, 0.15) is 17.2 Å². The summed E-state index contributed by atoms with van der Waals surface area (Å²) in [6.07, 6.45) is 2.83. The predicted molar refractivity (Wildman–Crippen MR) is 189 cm³/mol. The van der Waals surface area contributed by atoms with E-state index in [2.05, 4.69) is 19.9 Å². The molecular formula is C39H42F2N6O4. The zero-order valence-corrected chi connectivity index (χ0v) is 29.5. The number of carbonyl (C=O) groups excluding carboxylic acids is 1. The summed E-state index contributed by atoms with van der Waals surface area (Å²) in [5.41, 5.74) is 4.73. The molecule has 5 aromatic rings. The third kappa shape index (κ3) is 6.30. The van der Waals surface area contributed by atoms with Crippen molar-refractivity contribution >= 4 is 17.1 Å². The second-order valence-corrected chi connectivity index (χ2v) is 15.0. The monoisotopic (exact) mass is 696 g/mol. The number of H-pyrrole nitrogens is 2. The van der Waals surface area contributed by atoms with E-state index in [-0.39, 0.29) is 23.3 Å². The Morgan fingerprint density at radius 2 is 1.67 bits per heavy atom. The number of likely N-dealkylation sites (N-methyl/N-ethyl adjacent to an activating group) is 1. The first-order valence-corrected chi connectivity index (χ1v) is 17.4. The number of carbonyl (C=O) groups is 1. The first kappa shape index (κ1) is 33.5. The highest BCUT2D eigenvalue weighted by molar-refractivity contribution is 5.87. The molecule has 2 saturated heterocycles. The maximum Gasteiger partial charge on any atom is 0.410 e. The van der Waals surface area contributed by atoms with E-state index >= 15 is 8.78 Å². The Balaban J connectivity index is 1.01. The lowest BCUT2D eigenvalue weighted by Gasteiger charge is -2.27. The fourth-order valence-corrected chi connectivity index (χ4v) is 7.58. The standard InChI is InChI=1S/C39H42F2N6O4/c1-37(2,3)51-36(48)47-14-6-7-33(47)35-42-20-32(45-35)25-9-12-27-26-11-8-23(17-28(26)39(40,41)29(27)18-25)24-10-13-30-31(19-24)44-34(43-30)21-46(5)22-38(4)49-15-16-50-38/h8-13,17-20,33H,6-7,14-16,21-22H2,1-5H3,(H,42,45)(H,43,44). The van der Waals surface area contributed by atoms with Gasteiger partial charge in [0.25, 0.3) is 5.92 Å². The molecule has 1 aliphatic carbocycles. The van der Waals surface area contributed by atoms with Gasteiger partial charge in [-0.3, -0.25) is 9.80 Å². The number of nitrogens with one attached hydrogen (secondary N) is 2.